The van der Waals surface area contributed by atoms with Gasteiger partial charge in [0, 0.05) is 12.5 Å². The maximum Gasteiger partial charge on any atom is 0.237 e. The quantitative estimate of drug-likeness (QED) is 0.494. The lowest BCUT2D eigenvalue weighted by molar-refractivity contribution is -0.125. The van der Waals surface area contributed by atoms with Crippen molar-refractivity contribution in [2.45, 2.75) is 45.2 Å². The fourth-order valence-corrected chi connectivity index (χ4v) is 2.32. The summed E-state index contributed by atoms with van der Waals surface area (Å²) in [6.07, 6.45) is 1.82. The minimum atomic E-state index is -0.563. The van der Waals surface area contributed by atoms with Crippen molar-refractivity contribution in [1.82, 2.24) is 10.6 Å². The largest absolute Gasteiger partial charge is 0.394 e. The van der Waals surface area contributed by atoms with Gasteiger partial charge in [0.1, 0.15) is 0 Å². The number of carbonyl (C=O) groups is 2. The number of nitrogens with two attached hydrogens (primary N) is 1. The molecule has 6 nitrogen and oxygen atoms in total. The van der Waals surface area contributed by atoms with Gasteiger partial charge >= 0.3 is 0 Å². The molecule has 0 aliphatic carbocycles. The maximum absolute atomic E-state index is 11.9. The molecule has 1 rings (SSSR count). The van der Waals surface area contributed by atoms with E-state index in [1.807, 2.05) is 13.8 Å². The maximum atomic E-state index is 11.9. The molecule has 1 aliphatic rings. The van der Waals surface area contributed by atoms with E-state index in [2.05, 4.69) is 10.6 Å². The first-order chi connectivity index (χ1) is 8.93. The molecule has 0 radical (unpaired) electrons. The normalized spacial score (nSPS) is 22.2. The molecule has 3 atom stereocenters. The number of rotatable bonds is 7. The Hall–Kier alpha value is -1.14. The molecule has 19 heavy (non-hydrogen) atoms. The smallest absolute Gasteiger partial charge is 0.237 e. The summed E-state index contributed by atoms with van der Waals surface area (Å²) in [4.78, 5) is 23.3. The van der Waals surface area contributed by atoms with E-state index in [0.29, 0.717) is 25.3 Å². The van der Waals surface area contributed by atoms with Crippen LogP contribution in [0.2, 0.25) is 0 Å². The van der Waals surface area contributed by atoms with Gasteiger partial charge in [-0.3, -0.25) is 9.59 Å². The summed E-state index contributed by atoms with van der Waals surface area (Å²) in [5, 5.41) is 14.8. The number of hydrogen-bond donors (Lipinski definition) is 4. The number of aliphatic hydroxyl groups is 1. The average Bonchev–Trinajstić information content (AvgIpc) is 2.73. The van der Waals surface area contributed by atoms with Crippen molar-refractivity contribution < 1.29 is 14.7 Å². The Kier molecular flexibility index (Phi) is 6.24. The van der Waals surface area contributed by atoms with Crippen LogP contribution in [-0.4, -0.2) is 42.2 Å². The molecule has 1 heterocycles. The molecule has 0 aromatic rings. The van der Waals surface area contributed by atoms with E-state index in [0.717, 1.165) is 6.42 Å². The minimum absolute atomic E-state index is 0.000761. The van der Waals surface area contributed by atoms with Gasteiger partial charge in [-0.15, -0.1) is 0 Å². The molecule has 1 saturated heterocycles. The van der Waals surface area contributed by atoms with Gasteiger partial charge in [-0.05, 0) is 25.2 Å². The molecular weight excluding hydrogens is 246 g/mol. The second-order valence-electron chi connectivity index (χ2n) is 5.64. The Balaban J connectivity index is 2.42. The molecule has 0 bridgehead atoms. The summed E-state index contributed by atoms with van der Waals surface area (Å²) < 4.78 is 0. The van der Waals surface area contributed by atoms with Crippen LogP contribution in [0.15, 0.2) is 0 Å². The number of hydrogen-bond acceptors (Lipinski definition) is 4. The Morgan fingerprint density at radius 3 is 2.74 bits per heavy atom. The Labute approximate surface area is 114 Å². The SMILES string of the molecule is CC(C)C[C@H](N)C(=O)N[C@H](CO)C[C@@H]1CCNC1=O. The van der Waals surface area contributed by atoms with Crippen molar-refractivity contribution in [3.8, 4) is 0 Å². The number of carbonyl (C=O) groups excluding carboxylic acids is 2. The van der Waals surface area contributed by atoms with E-state index in [1.165, 1.54) is 0 Å². The summed E-state index contributed by atoms with van der Waals surface area (Å²) in [5.74, 6) is -0.0435. The number of amides is 2. The molecule has 0 spiro atoms. The minimum Gasteiger partial charge on any atom is -0.394 e. The zero-order valence-electron chi connectivity index (χ0n) is 11.7. The van der Waals surface area contributed by atoms with Crippen LogP contribution >= 0.6 is 0 Å². The van der Waals surface area contributed by atoms with Crippen LogP contribution in [0.4, 0.5) is 0 Å². The summed E-state index contributed by atoms with van der Waals surface area (Å²) in [6, 6.07) is -0.967. The summed E-state index contributed by atoms with van der Waals surface area (Å²) >= 11 is 0. The highest BCUT2D eigenvalue weighted by Gasteiger charge is 2.28. The van der Waals surface area contributed by atoms with Crippen LogP contribution in [0.25, 0.3) is 0 Å². The van der Waals surface area contributed by atoms with E-state index in [1.54, 1.807) is 0 Å². The van der Waals surface area contributed by atoms with Crippen molar-refractivity contribution >= 4 is 11.8 Å². The number of aliphatic hydroxyl groups excluding tert-OH is 1. The third-order valence-corrected chi connectivity index (χ3v) is 3.36. The first kappa shape index (κ1) is 15.9. The molecule has 110 valence electrons. The van der Waals surface area contributed by atoms with Crippen LogP contribution in [0.5, 0.6) is 0 Å². The molecular formula is C13H25N3O3. The van der Waals surface area contributed by atoms with Crippen LogP contribution in [0.3, 0.4) is 0 Å². The van der Waals surface area contributed by atoms with E-state index in [-0.39, 0.29) is 24.3 Å². The lowest BCUT2D eigenvalue weighted by Gasteiger charge is -2.21. The van der Waals surface area contributed by atoms with Crippen molar-refractivity contribution in [3.05, 3.63) is 0 Å². The number of nitrogens with one attached hydrogen (secondary N) is 2. The summed E-state index contributed by atoms with van der Waals surface area (Å²) in [7, 11) is 0. The van der Waals surface area contributed by atoms with Crippen molar-refractivity contribution in [2.24, 2.45) is 17.6 Å². The van der Waals surface area contributed by atoms with E-state index in [9.17, 15) is 14.7 Å². The Morgan fingerprint density at radius 2 is 2.26 bits per heavy atom. The van der Waals surface area contributed by atoms with Gasteiger partial charge in [0.15, 0.2) is 0 Å². The fraction of sp³-hybridized carbons (Fsp3) is 0.846. The lowest BCUT2D eigenvalue weighted by Crippen LogP contribution is -2.48. The zero-order chi connectivity index (χ0) is 14.4. The van der Waals surface area contributed by atoms with Gasteiger partial charge in [0.25, 0.3) is 0 Å². The van der Waals surface area contributed by atoms with Crippen molar-refractivity contribution in [1.29, 1.82) is 0 Å². The van der Waals surface area contributed by atoms with Gasteiger partial charge < -0.3 is 21.5 Å². The average molecular weight is 271 g/mol. The van der Waals surface area contributed by atoms with Crippen LogP contribution in [-0.2, 0) is 9.59 Å². The van der Waals surface area contributed by atoms with Crippen LogP contribution in [0, 0.1) is 11.8 Å². The monoisotopic (exact) mass is 271 g/mol. The molecule has 0 unspecified atom stereocenters. The second kappa shape index (κ2) is 7.45. The summed E-state index contributed by atoms with van der Waals surface area (Å²) in [6.45, 7) is 4.49. The Bertz CT molecular complexity index is 320. The first-order valence-electron chi connectivity index (χ1n) is 6.88. The predicted octanol–water partition coefficient (Wildman–Crippen LogP) is -0.637. The highest BCUT2D eigenvalue weighted by atomic mass is 16.3. The molecule has 1 aliphatic heterocycles. The Morgan fingerprint density at radius 1 is 1.58 bits per heavy atom. The van der Waals surface area contributed by atoms with Crippen molar-refractivity contribution in [3.63, 3.8) is 0 Å². The molecule has 0 saturated carbocycles. The highest BCUT2D eigenvalue weighted by Crippen LogP contribution is 2.16. The third-order valence-electron chi connectivity index (χ3n) is 3.36. The molecule has 6 heteroatoms. The van der Waals surface area contributed by atoms with Gasteiger partial charge in [-0.1, -0.05) is 13.8 Å². The van der Waals surface area contributed by atoms with E-state index >= 15 is 0 Å². The molecule has 0 aromatic carbocycles. The predicted molar refractivity (Wildman–Crippen MR) is 72.2 cm³/mol. The molecule has 0 aromatic heterocycles. The topological polar surface area (TPSA) is 104 Å². The lowest BCUT2D eigenvalue weighted by atomic mass is 9.98. The van der Waals surface area contributed by atoms with Crippen LogP contribution < -0.4 is 16.4 Å². The van der Waals surface area contributed by atoms with Gasteiger partial charge in [0.2, 0.25) is 11.8 Å². The van der Waals surface area contributed by atoms with E-state index in [4.69, 9.17) is 5.73 Å². The molecule has 1 fully saturated rings. The highest BCUT2D eigenvalue weighted by molar-refractivity contribution is 5.82. The standard InChI is InChI=1S/C13H25N3O3/c1-8(2)5-11(14)13(19)16-10(7-17)6-9-3-4-15-12(9)18/h8-11,17H,3-7,14H2,1-2H3,(H,15,18)(H,16,19)/t9-,10-,11-/m0/s1. The summed E-state index contributed by atoms with van der Waals surface area (Å²) in [5.41, 5.74) is 5.78. The fourth-order valence-electron chi connectivity index (χ4n) is 2.32. The third kappa shape index (κ3) is 5.16. The van der Waals surface area contributed by atoms with Gasteiger partial charge in [-0.2, -0.15) is 0 Å². The van der Waals surface area contributed by atoms with E-state index < -0.39 is 12.1 Å². The second-order valence-corrected chi connectivity index (χ2v) is 5.64. The first-order valence-corrected chi connectivity index (χ1v) is 6.88. The van der Waals surface area contributed by atoms with Crippen LogP contribution in [0.1, 0.15) is 33.1 Å². The molecule has 2 amide bonds. The van der Waals surface area contributed by atoms with Crippen molar-refractivity contribution in [2.75, 3.05) is 13.2 Å². The molecule has 5 N–H and O–H groups in total. The van der Waals surface area contributed by atoms with Gasteiger partial charge in [0.05, 0.1) is 18.7 Å². The van der Waals surface area contributed by atoms with Gasteiger partial charge in [-0.25, -0.2) is 0 Å². The zero-order valence-corrected chi connectivity index (χ0v) is 11.7.